The Kier molecular flexibility index (Phi) is 4.24. The molecule has 2 rings (SSSR count). The average molecular weight is 281 g/mol. The van der Waals surface area contributed by atoms with Crippen LogP contribution in [0.4, 0.5) is 0 Å². The van der Waals surface area contributed by atoms with Crippen molar-refractivity contribution in [2.75, 3.05) is 7.11 Å². The van der Waals surface area contributed by atoms with E-state index in [9.17, 15) is 4.79 Å². The van der Waals surface area contributed by atoms with Gasteiger partial charge in [0.05, 0.1) is 24.3 Å². The van der Waals surface area contributed by atoms with Crippen molar-refractivity contribution in [3.8, 4) is 23.3 Å². The van der Waals surface area contributed by atoms with Crippen LogP contribution >= 0.6 is 0 Å². The first kappa shape index (κ1) is 14.6. The van der Waals surface area contributed by atoms with Crippen molar-refractivity contribution in [3.63, 3.8) is 0 Å². The molecule has 0 atom stereocenters. The molecule has 4 heteroatoms. The van der Waals surface area contributed by atoms with Gasteiger partial charge in [0.25, 0.3) is 0 Å². The molecule has 0 aliphatic carbocycles. The molecule has 0 radical (unpaired) electrons. The van der Waals surface area contributed by atoms with Crippen molar-refractivity contribution < 1.29 is 14.3 Å². The molecule has 0 saturated carbocycles. The van der Waals surface area contributed by atoms with Crippen molar-refractivity contribution in [1.29, 1.82) is 5.26 Å². The summed E-state index contributed by atoms with van der Waals surface area (Å²) in [6, 6.07) is 12.3. The summed E-state index contributed by atoms with van der Waals surface area (Å²) in [7, 11) is 1.55. The normalized spacial score (nSPS) is 9.81. The van der Waals surface area contributed by atoms with E-state index in [1.807, 2.05) is 25.1 Å². The summed E-state index contributed by atoms with van der Waals surface area (Å²) in [5.74, 6) is 1.30. The van der Waals surface area contributed by atoms with Crippen molar-refractivity contribution in [3.05, 3.63) is 53.1 Å². The Morgan fingerprint density at radius 2 is 1.86 bits per heavy atom. The van der Waals surface area contributed by atoms with Crippen LogP contribution in [0, 0.1) is 18.3 Å². The number of ether oxygens (including phenoxy) is 2. The number of carbonyl (C=O) groups excluding carboxylic acids is 1. The van der Waals surface area contributed by atoms with Gasteiger partial charge in [0.2, 0.25) is 0 Å². The zero-order valence-electron chi connectivity index (χ0n) is 12.1. The Morgan fingerprint density at radius 1 is 1.10 bits per heavy atom. The third-order valence-electron chi connectivity index (χ3n) is 3.03. The number of hydrogen-bond acceptors (Lipinski definition) is 4. The molecule has 0 fully saturated rings. The van der Waals surface area contributed by atoms with E-state index in [-0.39, 0.29) is 5.78 Å². The standard InChI is InChI=1S/C17H15NO3/c1-11-4-7-15(17(8-11)20-3)21-16-9-13(10-18)5-6-14(16)12(2)19/h4-9H,1-3H3. The van der Waals surface area contributed by atoms with E-state index in [1.54, 1.807) is 31.4 Å². The fourth-order valence-corrected chi connectivity index (χ4v) is 1.94. The number of rotatable bonds is 4. The van der Waals surface area contributed by atoms with E-state index in [0.717, 1.165) is 5.56 Å². The van der Waals surface area contributed by atoms with Gasteiger partial charge in [-0.3, -0.25) is 4.79 Å². The van der Waals surface area contributed by atoms with Crippen LogP contribution in [-0.4, -0.2) is 12.9 Å². The quantitative estimate of drug-likeness (QED) is 0.798. The maximum absolute atomic E-state index is 11.7. The first-order valence-corrected chi connectivity index (χ1v) is 6.42. The van der Waals surface area contributed by atoms with Crippen LogP contribution in [-0.2, 0) is 0 Å². The molecule has 0 unspecified atom stereocenters. The lowest BCUT2D eigenvalue weighted by Crippen LogP contribution is -1.99. The van der Waals surface area contributed by atoms with E-state index < -0.39 is 0 Å². The molecule has 0 bridgehead atoms. The number of nitrogens with zero attached hydrogens (tertiary/aromatic N) is 1. The summed E-state index contributed by atoms with van der Waals surface area (Å²) >= 11 is 0. The van der Waals surface area contributed by atoms with Crippen LogP contribution < -0.4 is 9.47 Å². The highest BCUT2D eigenvalue weighted by Crippen LogP contribution is 2.34. The number of aryl methyl sites for hydroxylation is 1. The van der Waals surface area contributed by atoms with Crippen LogP contribution in [0.1, 0.15) is 28.4 Å². The molecule has 0 amide bonds. The molecular formula is C17H15NO3. The number of Topliss-reactive ketones (excluding diaryl/α,β-unsaturated/α-hetero) is 1. The molecule has 0 aliphatic heterocycles. The largest absolute Gasteiger partial charge is 0.493 e. The van der Waals surface area contributed by atoms with Crippen molar-refractivity contribution in [1.82, 2.24) is 0 Å². The number of ketones is 1. The zero-order chi connectivity index (χ0) is 15.4. The molecule has 0 spiro atoms. The third-order valence-corrected chi connectivity index (χ3v) is 3.03. The second-order valence-electron chi connectivity index (χ2n) is 4.64. The molecule has 2 aromatic carbocycles. The Hall–Kier alpha value is -2.80. The summed E-state index contributed by atoms with van der Waals surface area (Å²) in [5, 5.41) is 8.98. The molecule has 106 valence electrons. The number of benzene rings is 2. The third kappa shape index (κ3) is 3.21. The van der Waals surface area contributed by atoms with E-state index >= 15 is 0 Å². The van der Waals surface area contributed by atoms with Crippen LogP contribution in [0.3, 0.4) is 0 Å². The molecule has 0 saturated heterocycles. The second kappa shape index (κ2) is 6.10. The first-order valence-electron chi connectivity index (χ1n) is 6.42. The zero-order valence-corrected chi connectivity index (χ0v) is 12.1. The topological polar surface area (TPSA) is 59.3 Å². The Balaban J connectivity index is 2.48. The Morgan fingerprint density at radius 3 is 2.48 bits per heavy atom. The smallest absolute Gasteiger partial charge is 0.169 e. The minimum absolute atomic E-state index is 0.124. The molecule has 4 nitrogen and oxygen atoms in total. The predicted octanol–water partition coefficient (Wildman–Crippen LogP) is 3.87. The monoisotopic (exact) mass is 281 g/mol. The molecule has 0 N–H and O–H groups in total. The Bertz CT molecular complexity index is 729. The fourth-order valence-electron chi connectivity index (χ4n) is 1.94. The summed E-state index contributed by atoms with van der Waals surface area (Å²) in [6.45, 7) is 3.41. The molecule has 0 aromatic heterocycles. The van der Waals surface area contributed by atoms with Crippen LogP contribution in [0.25, 0.3) is 0 Å². The van der Waals surface area contributed by atoms with Gasteiger partial charge in [0, 0.05) is 0 Å². The predicted molar refractivity (Wildman–Crippen MR) is 79.0 cm³/mol. The molecule has 21 heavy (non-hydrogen) atoms. The fraction of sp³-hybridized carbons (Fsp3) is 0.176. The first-order chi connectivity index (χ1) is 10.0. The summed E-state index contributed by atoms with van der Waals surface area (Å²) in [4.78, 5) is 11.7. The highest BCUT2D eigenvalue weighted by atomic mass is 16.5. The van der Waals surface area contributed by atoms with Gasteiger partial charge in [0.1, 0.15) is 5.75 Å². The van der Waals surface area contributed by atoms with Gasteiger partial charge >= 0.3 is 0 Å². The van der Waals surface area contributed by atoms with Gasteiger partial charge in [-0.15, -0.1) is 0 Å². The van der Waals surface area contributed by atoms with E-state index in [4.69, 9.17) is 14.7 Å². The molecule has 0 aliphatic rings. The second-order valence-corrected chi connectivity index (χ2v) is 4.64. The molecule has 2 aromatic rings. The molecule has 0 heterocycles. The number of methoxy groups -OCH3 is 1. The maximum atomic E-state index is 11.7. The number of nitriles is 1. The van der Waals surface area contributed by atoms with Crippen molar-refractivity contribution in [2.45, 2.75) is 13.8 Å². The lowest BCUT2D eigenvalue weighted by Gasteiger charge is -2.13. The highest BCUT2D eigenvalue weighted by Gasteiger charge is 2.13. The van der Waals surface area contributed by atoms with Gasteiger partial charge in [-0.05, 0) is 49.7 Å². The SMILES string of the molecule is COc1cc(C)ccc1Oc1cc(C#N)ccc1C(C)=O. The lowest BCUT2D eigenvalue weighted by molar-refractivity contribution is 0.101. The minimum Gasteiger partial charge on any atom is -0.493 e. The van der Waals surface area contributed by atoms with Crippen LogP contribution in [0.15, 0.2) is 36.4 Å². The number of hydrogen-bond donors (Lipinski definition) is 0. The summed E-state index contributed by atoms with van der Waals surface area (Å²) in [5.41, 5.74) is 1.90. The summed E-state index contributed by atoms with van der Waals surface area (Å²) < 4.78 is 11.1. The van der Waals surface area contributed by atoms with Crippen LogP contribution in [0.5, 0.6) is 17.2 Å². The van der Waals surface area contributed by atoms with Crippen molar-refractivity contribution in [2.24, 2.45) is 0 Å². The van der Waals surface area contributed by atoms with Gasteiger partial charge in [-0.1, -0.05) is 6.07 Å². The molecular weight excluding hydrogens is 266 g/mol. The van der Waals surface area contributed by atoms with Gasteiger partial charge < -0.3 is 9.47 Å². The van der Waals surface area contributed by atoms with Gasteiger partial charge in [-0.2, -0.15) is 5.26 Å². The van der Waals surface area contributed by atoms with Crippen molar-refractivity contribution >= 4 is 5.78 Å². The Labute approximate surface area is 123 Å². The van der Waals surface area contributed by atoms with E-state index in [1.165, 1.54) is 6.92 Å². The minimum atomic E-state index is -0.124. The maximum Gasteiger partial charge on any atom is 0.169 e. The van der Waals surface area contributed by atoms with Gasteiger partial charge in [-0.25, -0.2) is 0 Å². The highest BCUT2D eigenvalue weighted by molar-refractivity contribution is 5.97. The van der Waals surface area contributed by atoms with Gasteiger partial charge in [0.15, 0.2) is 17.3 Å². The summed E-state index contributed by atoms with van der Waals surface area (Å²) in [6.07, 6.45) is 0. The average Bonchev–Trinajstić information content (AvgIpc) is 2.48. The van der Waals surface area contributed by atoms with Crippen LogP contribution in [0.2, 0.25) is 0 Å². The van der Waals surface area contributed by atoms with E-state index in [2.05, 4.69) is 0 Å². The van der Waals surface area contributed by atoms with E-state index in [0.29, 0.717) is 28.4 Å². The lowest BCUT2D eigenvalue weighted by atomic mass is 10.1. The number of carbonyl (C=O) groups is 1.